The second kappa shape index (κ2) is 7.77. The van der Waals surface area contributed by atoms with E-state index in [0.717, 1.165) is 5.56 Å². The van der Waals surface area contributed by atoms with Gasteiger partial charge in [-0.3, -0.25) is 9.59 Å². The van der Waals surface area contributed by atoms with E-state index in [-0.39, 0.29) is 24.5 Å². The van der Waals surface area contributed by atoms with Crippen molar-refractivity contribution in [2.24, 2.45) is 0 Å². The summed E-state index contributed by atoms with van der Waals surface area (Å²) in [7, 11) is 1.71. The molecule has 1 amide bonds. The molecule has 0 bridgehead atoms. The highest BCUT2D eigenvalue weighted by Gasteiger charge is 2.14. The maximum atomic E-state index is 12.1. The predicted molar refractivity (Wildman–Crippen MR) is 90.8 cm³/mol. The van der Waals surface area contributed by atoms with Crippen LogP contribution in [-0.4, -0.2) is 23.6 Å². The maximum Gasteiger partial charge on any atom is 0.223 e. The van der Waals surface area contributed by atoms with Crippen LogP contribution in [0.4, 0.5) is 0 Å². The van der Waals surface area contributed by atoms with Gasteiger partial charge in [0.1, 0.15) is 0 Å². The number of amides is 1. The molecule has 0 spiro atoms. The predicted octanol–water partition coefficient (Wildman–Crippen LogP) is 4.68. The second-order valence-electron chi connectivity index (χ2n) is 4.90. The van der Waals surface area contributed by atoms with Gasteiger partial charge in [-0.2, -0.15) is 0 Å². The van der Waals surface area contributed by atoms with Gasteiger partial charge in [0.05, 0.1) is 14.9 Å². The van der Waals surface area contributed by atoms with Crippen LogP contribution < -0.4 is 0 Å². The smallest absolute Gasteiger partial charge is 0.223 e. The molecule has 1 heterocycles. The number of benzene rings is 1. The molecule has 0 aliphatic heterocycles. The highest BCUT2D eigenvalue weighted by Crippen LogP contribution is 2.23. The summed E-state index contributed by atoms with van der Waals surface area (Å²) < 4.78 is 0. The van der Waals surface area contributed by atoms with Crippen molar-refractivity contribution in [3.8, 4) is 0 Å². The fraction of sp³-hybridized carbons (Fsp3) is 0.250. The number of ketones is 1. The summed E-state index contributed by atoms with van der Waals surface area (Å²) in [5, 5.41) is 2.81. The van der Waals surface area contributed by atoms with E-state index in [9.17, 15) is 9.59 Å². The molecule has 1 aromatic heterocycles. The lowest BCUT2D eigenvalue weighted by Crippen LogP contribution is -2.26. The van der Waals surface area contributed by atoms with Crippen LogP contribution in [0.5, 0.6) is 0 Å². The Morgan fingerprint density at radius 1 is 1.14 bits per heavy atom. The summed E-state index contributed by atoms with van der Waals surface area (Å²) in [4.78, 5) is 26.3. The van der Waals surface area contributed by atoms with Gasteiger partial charge in [0.15, 0.2) is 5.78 Å². The van der Waals surface area contributed by atoms with Gasteiger partial charge in [-0.05, 0) is 29.1 Å². The average Bonchev–Trinajstić information content (AvgIpc) is 3.02. The van der Waals surface area contributed by atoms with Crippen molar-refractivity contribution in [2.45, 2.75) is 19.4 Å². The van der Waals surface area contributed by atoms with Gasteiger partial charge in [0.2, 0.25) is 5.91 Å². The first-order valence-electron chi connectivity index (χ1n) is 6.72. The number of nitrogens with zero attached hydrogens (tertiary/aromatic N) is 1. The molecule has 116 valence electrons. The summed E-state index contributed by atoms with van der Waals surface area (Å²) in [6.45, 7) is 0.433. The van der Waals surface area contributed by atoms with E-state index in [1.165, 1.54) is 11.3 Å². The third-order valence-electron chi connectivity index (χ3n) is 3.19. The second-order valence-corrected chi connectivity index (χ2v) is 6.66. The molecule has 2 rings (SSSR count). The minimum absolute atomic E-state index is 0.00582. The molecule has 22 heavy (non-hydrogen) atoms. The van der Waals surface area contributed by atoms with E-state index >= 15 is 0 Å². The quantitative estimate of drug-likeness (QED) is 0.705. The Kier molecular flexibility index (Phi) is 6.00. The third kappa shape index (κ3) is 4.57. The van der Waals surface area contributed by atoms with Crippen LogP contribution in [0.25, 0.3) is 0 Å². The van der Waals surface area contributed by atoms with E-state index in [1.807, 2.05) is 17.5 Å². The Labute approximate surface area is 143 Å². The molecule has 0 radical (unpaired) electrons. The minimum atomic E-state index is -0.0732. The van der Waals surface area contributed by atoms with Crippen LogP contribution in [0.1, 0.15) is 28.1 Å². The summed E-state index contributed by atoms with van der Waals surface area (Å²) in [6, 6.07) is 8.88. The number of carbonyl (C=O) groups is 2. The van der Waals surface area contributed by atoms with Crippen LogP contribution in [0.3, 0.4) is 0 Å². The first kappa shape index (κ1) is 17.0. The van der Waals surface area contributed by atoms with Crippen molar-refractivity contribution in [1.82, 2.24) is 4.90 Å². The largest absolute Gasteiger partial charge is 0.341 e. The standard InChI is InChI=1S/C16H15Cl2NO2S/c1-19(10-11-4-5-12(17)13(18)9-11)16(21)7-6-14(20)15-3-2-8-22-15/h2-5,8-9H,6-7,10H2,1H3. The molecule has 0 atom stereocenters. The molecular weight excluding hydrogens is 341 g/mol. The molecule has 0 aliphatic rings. The number of hydrogen-bond donors (Lipinski definition) is 0. The Balaban J connectivity index is 1.86. The van der Waals surface area contributed by atoms with Gasteiger partial charge in [-0.15, -0.1) is 11.3 Å². The lowest BCUT2D eigenvalue weighted by molar-refractivity contribution is -0.130. The minimum Gasteiger partial charge on any atom is -0.341 e. The Hall–Kier alpha value is -1.36. The molecule has 0 saturated carbocycles. The number of carbonyl (C=O) groups excluding carboxylic acids is 2. The topological polar surface area (TPSA) is 37.4 Å². The Morgan fingerprint density at radius 2 is 1.91 bits per heavy atom. The van der Waals surface area contributed by atoms with Gasteiger partial charge in [0.25, 0.3) is 0 Å². The number of hydrogen-bond acceptors (Lipinski definition) is 3. The van der Waals surface area contributed by atoms with Crippen LogP contribution in [0, 0.1) is 0 Å². The molecule has 1 aromatic carbocycles. The molecular formula is C16H15Cl2NO2S. The average molecular weight is 356 g/mol. The van der Waals surface area contributed by atoms with Gasteiger partial charge < -0.3 is 4.90 Å². The van der Waals surface area contributed by atoms with Gasteiger partial charge in [-0.1, -0.05) is 35.3 Å². The van der Waals surface area contributed by atoms with E-state index in [4.69, 9.17) is 23.2 Å². The van der Waals surface area contributed by atoms with Crippen molar-refractivity contribution in [1.29, 1.82) is 0 Å². The molecule has 0 saturated heterocycles. The summed E-state index contributed by atoms with van der Waals surface area (Å²) >= 11 is 13.2. The zero-order valence-electron chi connectivity index (χ0n) is 12.0. The fourth-order valence-corrected chi connectivity index (χ4v) is 2.99. The SMILES string of the molecule is CN(Cc1ccc(Cl)c(Cl)c1)C(=O)CCC(=O)c1cccs1. The number of halogens is 2. The van der Waals surface area contributed by atoms with E-state index in [1.54, 1.807) is 30.1 Å². The van der Waals surface area contributed by atoms with Crippen LogP contribution in [0.2, 0.25) is 10.0 Å². The molecule has 0 N–H and O–H groups in total. The van der Waals surface area contributed by atoms with E-state index in [2.05, 4.69) is 0 Å². The highest BCUT2D eigenvalue weighted by atomic mass is 35.5. The first-order valence-corrected chi connectivity index (χ1v) is 8.35. The zero-order chi connectivity index (χ0) is 16.1. The lowest BCUT2D eigenvalue weighted by Gasteiger charge is -2.17. The van der Waals surface area contributed by atoms with Gasteiger partial charge in [0, 0.05) is 26.4 Å². The zero-order valence-corrected chi connectivity index (χ0v) is 14.3. The third-order valence-corrected chi connectivity index (χ3v) is 4.84. The molecule has 3 nitrogen and oxygen atoms in total. The van der Waals surface area contributed by atoms with Gasteiger partial charge in [-0.25, -0.2) is 0 Å². The summed E-state index contributed by atoms with van der Waals surface area (Å²) in [6.07, 6.45) is 0.430. The molecule has 0 aliphatic carbocycles. The monoisotopic (exact) mass is 355 g/mol. The molecule has 2 aromatic rings. The van der Waals surface area contributed by atoms with Crippen LogP contribution in [0.15, 0.2) is 35.7 Å². The molecule has 6 heteroatoms. The first-order chi connectivity index (χ1) is 10.5. The summed E-state index contributed by atoms with van der Waals surface area (Å²) in [5.74, 6) is -0.0673. The van der Waals surface area contributed by atoms with Crippen LogP contribution in [-0.2, 0) is 11.3 Å². The van der Waals surface area contributed by atoms with E-state index in [0.29, 0.717) is 21.5 Å². The highest BCUT2D eigenvalue weighted by molar-refractivity contribution is 7.12. The molecule has 0 fully saturated rings. The number of rotatable bonds is 6. The maximum absolute atomic E-state index is 12.1. The van der Waals surface area contributed by atoms with Crippen LogP contribution >= 0.6 is 34.5 Å². The lowest BCUT2D eigenvalue weighted by atomic mass is 10.1. The van der Waals surface area contributed by atoms with E-state index < -0.39 is 0 Å². The molecule has 0 unspecified atom stereocenters. The van der Waals surface area contributed by atoms with Crippen molar-refractivity contribution >= 4 is 46.2 Å². The van der Waals surface area contributed by atoms with Crippen molar-refractivity contribution in [3.63, 3.8) is 0 Å². The fourth-order valence-electron chi connectivity index (χ4n) is 1.97. The normalized spacial score (nSPS) is 10.5. The van der Waals surface area contributed by atoms with Crippen molar-refractivity contribution in [3.05, 3.63) is 56.2 Å². The number of thiophene rings is 1. The Bertz CT molecular complexity index is 671. The van der Waals surface area contributed by atoms with Crippen molar-refractivity contribution < 1.29 is 9.59 Å². The summed E-state index contributed by atoms with van der Waals surface area (Å²) in [5.41, 5.74) is 0.898. The van der Waals surface area contributed by atoms with Gasteiger partial charge >= 0.3 is 0 Å². The Morgan fingerprint density at radius 3 is 2.55 bits per heavy atom. The number of Topliss-reactive ketones (excluding diaryl/α,β-unsaturated/α-hetero) is 1. The van der Waals surface area contributed by atoms with Crippen molar-refractivity contribution in [2.75, 3.05) is 7.05 Å².